The van der Waals surface area contributed by atoms with Crippen molar-refractivity contribution < 1.29 is 13.9 Å². The number of benzene rings is 2. The van der Waals surface area contributed by atoms with Gasteiger partial charge in [0.2, 0.25) is 0 Å². The van der Waals surface area contributed by atoms with Gasteiger partial charge < -0.3 is 14.1 Å². The summed E-state index contributed by atoms with van der Waals surface area (Å²) >= 11 is 3.10. The van der Waals surface area contributed by atoms with Crippen molar-refractivity contribution in [2.75, 3.05) is 14.2 Å². The first-order chi connectivity index (χ1) is 15.0. The number of amides is 1. The van der Waals surface area contributed by atoms with Gasteiger partial charge >= 0.3 is 0 Å². The van der Waals surface area contributed by atoms with Crippen molar-refractivity contribution in [3.05, 3.63) is 70.4 Å². The molecule has 4 aromatic rings. The van der Waals surface area contributed by atoms with Crippen molar-refractivity contribution in [1.29, 1.82) is 0 Å². The van der Waals surface area contributed by atoms with Crippen LogP contribution in [0, 0.1) is 6.92 Å². The molecule has 2 aromatic carbocycles. The predicted molar refractivity (Wildman–Crippen MR) is 124 cm³/mol. The molecule has 0 bridgehead atoms. The average molecular weight is 454 g/mol. The van der Waals surface area contributed by atoms with Crippen LogP contribution in [-0.2, 0) is 5.75 Å². The summed E-state index contributed by atoms with van der Waals surface area (Å²) in [5.74, 6) is 1.52. The van der Waals surface area contributed by atoms with Gasteiger partial charge in [-0.2, -0.15) is 0 Å². The molecule has 0 saturated carbocycles. The van der Waals surface area contributed by atoms with Gasteiger partial charge in [0, 0.05) is 29.3 Å². The number of hydrogen-bond acceptors (Lipinski definition) is 7. The summed E-state index contributed by atoms with van der Waals surface area (Å²) in [4.78, 5) is 15.2. The molecule has 2 aromatic heterocycles. The Hall–Kier alpha value is -2.84. The Morgan fingerprint density at radius 3 is 2.68 bits per heavy atom. The van der Waals surface area contributed by atoms with Gasteiger partial charge in [0.1, 0.15) is 16.3 Å². The molecule has 1 amide bonds. The molecule has 160 valence electrons. The first-order valence-corrected chi connectivity index (χ1v) is 11.6. The molecule has 0 radical (unpaired) electrons. The summed E-state index contributed by atoms with van der Waals surface area (Å²) in [6.45, 7) is 3.91. The van der Waals surface area contributed by atoms with E-state index in [1.807, 2.05) is 62.4 Å². The van der Waals surface area contributed by atoms with Crippen molar-refractivity contribution in [3.63, 3.8) is 0 Å². The van der Waals surface area contributed by atoms with Crippen molar-refractivity contribution in [1.82, 2.24) is 15.1 Å². The van der Waals surface area contributed by atoms with Gasteiger partial charge in [-0.1, -0.05) is 59.5 Å². The second-order valence-electron chi connectivity index (χ2n) is 7.12. The Morgan fingerprint density at radius 2 is 1.94 bits per heavy atom. The maximum absolute atomic E-state index is 13.5. The van der Waals surface area contributed by atoms with E-state index in [4.69, 9.17) is 9.15 Å². The molecule has 2 heterocycles. The number of para-hydroxylation sites is 2. The third kappa shape index (κ3) is 4.31. The van der Waals surface area contributed by atoms with E-state index in [0.717, 1.165) is 31.6 Å². The van der Waals surface area contributed by atoms with Crippen LogP contribution in [0.5, 0.6) is 5.75 Å². The molecule has 31 heavy (non-hydrogen) atoms. The highest BCUT2D eigenvalue weighted by Gasteiger charge is 2.27. The zero-order chi connectivity index (χ0) is 22.0. The fourth-order valence-corrected chi connectivity index (χ4v) is 5.29. The molecule has 8 heteroatoms. The first-order valence-electron chi connectivity index (χ1n) is 9.83. The van der Waals surface area contributed by atoms with Gasteiger partial charge in [-0.25, -0.2) is 0 Å². The highest BCUT2D eigenvalue weighted by molar-refractivity contribution is 8.00. The first kappa shape index (κ1) is 21.4. The molecule has 0 aliphatic heterocycles. The van der Waals surface area contributed by atoms with Crippen LogP contribution < -0.4 is 4.74 Å². The lowest BCUT2D eigenvalue weighted by Crippen LogP contribution is -2.30. The molecule has 4 rings (SSSR count). The van der Waals surface area contributed by atoms with Crippen LogP contribution in [0.25, 0.3) is 11.0 Å². The van der Waals surface area contributed by atoms with Crippen LogP contribution in [0.2, 0.25) is 0 Å². The highest BCUT2D eigenvalue weighted by Crippen LogP contribution is 2.35. The molecule has 0 fully saturated rings. The number of nitrogens with zero attached hydrogens (tertiary/aromatic N) is 3. The van der Waals surface area contributed by atoms with E-state index in [0.29, 0.717) is 17.1 Å². The molecular formula is C23H23N3O3S2. The van der Waals surface area contributed by atoms with E-state index in [-0.39, 0.29) is 11.9 Å². The maximum atomic E-state index is 13.5. The summed E-state index contributed by atoms with van der Waals surface area (Å²) in [7, 11) is 3.43. The fourth-order valence-electron chi connectivity index (χ4n) is 3.44. The molecule has 0 spiro atoms. The smallest absolute Gasteiger partial charge is 0.290 e. The molecule has 0 saturated heterocycles. The Labute approximate surface area is 189 Å². The van der Waals surface area contributed by atoms with Crippen LogP contribution in [0.1, 0.15) is 39.7 Å². The predicted octanol–water partition coefficient (Wildman–Crippen LogP) is 5.73. The summed E-state index contributed by atoms with van der Waals surface area (Å²) in [6, 6.07) is 15.3. The van der Waals surface area contributed by atoms with Crippen molar-refractivity contribution in [3.8, 4) is 5.75 Å². The topological polar surface area (TPSA) is 68.5 Å². The Morgan fingerprint density at radius 1 is 1.19 bits per heavy atom. The number of hydrogen-bond donors (Lipinski definition) is 0. The van der Waals surface area contributed by atoms with E-state index < -0.39 is 0 Å². The van der Waals surface area contributed by atoms with E-state index in [1.54, 1.807) is 42.2 Å². The van der Waals surface area contributed by atoms with Crippen molar-refractivity contribution in [2.24, 2.45) is 0 Å². The summed E-state index contributed by atoms with van der Waals surface area (Å²) in [5, 5.41) is 10.1. The maximum Gasteiger partial charge on any atom is 0.290 e. The molecule has 6 nitrogen and oxygen atoms in total. The number of carbonyl (C=O) groups is 1. The number of fused-ring (bicyclic) bond motifs is 1. The molecule has 1 unspecified atom stereocenters. The Balaban J connectivity index is 1.66. The molecule has 0 aliphatic carbocycles. The Kier molecular flexibility index (Phi) is 6.29. The van der Waals surface area contributed by atoms with Gasteiger partial charge in [-0.05, 0) is 26.0 Å². The molecule has 1 atom stereocenters. The zero-order valence-corrected chi connectivity index (χ0v) is 19.4. The zero-order valence-electron chi connectivity index (χ0n) is 17.8. The number of ether oxygens (including phenoxy) is 1. The van der Waals surface area contributed by atoms with Crippen LogP contribution in [0.15, 0.2) is 57.3 Å². The van der Waals surface area contributed by atoms with Crippen LogP contribution >= 0.6 is 23.1 Å². The van der Waals surface area contributed by atoms with E-state index in [2.05, 4.69) is 10.2 Å². The van der Waals surface area contributed by atoms with Gasteiger partial charge in [-0.15, -0.1) is 10.2 Å². The minimum atomic E-state index is -0.192. The largest absolute Gasteiger partial charge is 0.496 e. The van der Waals surface area contributed by atoms with Crippen LogP contribution in [-0.4, -0.2) is 35.2 Å². The lowest BCUT2D eigenvalue weighted by atomic mass is 10.1. The summed E-state index contributed by atoms with van der Waals surface area (Å²) in [6.07, 6.45) is 0. The van der Waals surface area contributed by atoms with E-state index in [9.17, 15) is 4.79 Å². The minimum absolute atomic E-state index is 0.168. The van der Waals surface area contributed by atoms with E-state index in [1.165, 1.54) is 0 Å². The van der Waals surface area contributed by atoms with Crippen LogP contribution in [0.4, 0.5) is 0 Å². The second-order valence-corrected chi connectivity index (χ2v) is 9.52. The van der Waals surface area contributed by atoms with Gasteiger partial charge in [-0.3, -0.25) is 4.79 Å². The number of methoxy groups -OCH3 is 1. The standard InChI is InChI=1S/C23H23N3O3S2/c1-14(16-9-5-7-11-19(16)28-4)26(3)22(27)21-18(13-30-23-25-24-15(2)31-23)17-10-6-8-12-20(17)29-21/h5-12,14H,13H2,1-4H3. The number of thioether (sulfide) groups is 1. The quantitative estimate of drug-likeness (QED) is 0.333. The molecule has 0 N–H and O–H groups in total. The van der Waals surface area contributed by atoms with Crippen LogP contribution in [0.3, 0.4) is 0 Å². The van der Waals surface area contributed by atoms with E-state index >= 15 is 0 Å². The fraction of sp³-hybridized carbons (Fsp3) is 0.261. The van der Waals surface area contributed by atoms with Crippen molar-refractivity contribution in [2.45, 2.75) is 30.0 Å². The average Bonchev–Trinajstić information content (AvgIpc) is 3.39. The number of aryl methyl sites for hydroxylation is 1. The summed E-state index contributed by atoms with van der Waals surface area (Å²) in [5.41, 5.74) is 2.52. The van der Waals surface area contributed by atoms with Gasteiger partial charge in [0.05, 0.1) is 13.2 Å². The lowest BCUT2D eigenvalue weighted by molar-refractivity contribution is 0.0710. The monoisotopic (exact) mass is 453 g/mol. The lowest BCUT2D eigenvalue weighted by Gasteiger charge is -2.26. The van der Waals surface area contributed by atoms with Crippen molar-refractivity contribution >= 4 is 40.0 Å². The van der Waals surface area contributed by atoms with Gasteiger partial charge in [0.15, 0.2) is 10.1 Å². The Bertz CT molecular complexity index is 1220. The summed E-state index contributed by atoms with van der Waals surface area (Å²) < 4.78 is 12.4. The minimum Gasteiger partial charge on any atom is -0.496 e. The number of aromatic nitrogens is 2. The number of furan rings is 1. The highest BCUT2D eigenvalue weighted by atomic mass is 32.2. The molecular weight excluding hydrogens is 430 g/mol. The molecule has 0 aliphatic rings. The normalized spacial score (nSPS) is 12.1. The second kappa shape index (κ2) is 9.11. The third-order valence-electron chi connectivity index (χ3n) is 5.23. The SMILES string of the molecule is COc1ccccc1C(C)N(C)C(=O)c1oc2ccccc2c1CSc1nnc(C)s1. The third-order valence-corrected chi connectivity index (χ3v) is 7.23. The number of carbonyl (C=O) groups excluding carboxylic acids is 1. The van der Waals surface area contributed by atoms with Gasteiger partial charge in [0.25, 0.3) is 5.91 Å². The number of rotatable bonds is 7.